The summed E-state index contributed by atoms with van der Waals surface area (Å²) in [7, 11) is 0. The van der Waals surface area contributed by atoms with Crippen molar-refractivity contribution in [1.82, 2.24) is 10.2 Å². The fraction of sp³-hybridized carbons (Fsp3) is 0.400. The lowest BCUT2D eigenvalue weighted by molar-refractivity contribution is -0.131. The molecule has 1 aromatic rings. The molecule has 110 valence electrons. The first kappa shape index (κ1) is 15.5. The van der Waals surface area contributed by atoms with Crippen molar-refractivity contribution < 1.29 is 9.59 Å². The predicted octanol–water partition coefficient (Wildman–Crippen LogP) is 2.08. The highest BCUT2D eigenvalue weighted by atomic mass is 79.9. The Morgan fingerprint density at radius 3 is 2.57 bits per heavy atom. The van der Waals surface area contributed by atoms with Crippen molar-refractivity contribution in [3.63, 3.8) is 0 Å². The van der Waals surface area contributed by atoms with Gasteiger partial charge in [0.05, 0.1) is 6.07 Å². The zero-order valence-electron chi connectivity index (χ0n) is 11.5. The molecule has 1 saturated carbocycles. The van der Waals surface area contributed by atoms with Crippen molar-refractivity contribution in [3.8, 4) is 6.07 Å². The topological polar surface area (TPSA) is 73.2 Å². The number of rotatable bonds is 6. The van der Waals surface area contributed by atoms with E-state index in [-0.39, 0.29) is 37.4 Å². The monoisotopic (exact) mass is 349 g/mol. The van der Waals surface area contributed by atoms with Gasteiger partial charge in [0, 0.05) is 29.0 Å². The van der Waals surface area contributed by atoms with Gasteiger partial charge in [-0.1, -0.05) is 15.9 Å². The van der Waals surface area contributed by atoms with Crippen LogP contribution in [0.25, 0.3) is 0 Å². The third-order valence-corrected chi connectivity index (χ3v) is 3.81. The Kier molecular flexibility index (Phi) is 5.34. The average Bonchev–Trinajstić information content (AvgIpc) is 3.29. The van der Waals surface area contributed by atoms with Crippen LogP contribution >= 0.6 is 15.9 Å². The van der Waals surface area contributed by atoms with E-state index in [1.54, 1.807) is 29.2 Å². The lowest BCUT2D eigenvalue weighted by Crippen LogP contribution is -2.36. The van der Waals surface area contributed by atoms with Crippen molar-refractivity contribution >= 4 is 27.7 Å². The number of benzene rings is 1. The largest absolute Gasteiger partial charge is 0.352 e. The standard InChI is InChI=1S/C15H16BrN3O2/c16-12-3-1-11(2-4-12)15(21)18-9-7-14(20)19(10-8-17)13-5-6-13/h1-4,13H,5-7,9-10H2,(H,18,21). The first-order chi connectivity index (χ1) is 10.1. The van der Waals surface area contributed by atoms with Gasteiger partial charge in [-0.05, 0) is 37.1 Å². The minimum atomic E-state index is -0.200. The van der Waals surface area contributed by atoms with Gasteiger partial charge < -0.3 is 10.2 Å². The van der Waals surface area contributed by atoms with E-state index >= 15 is 0 Å². The predicted molar refractivity (Wildman–Crippen MR) is 81.4 cm³/mol. The Balaban J connectivity index is 1.78. The molecule has 0 saturated heterocycles. The van der Waals surface area contributed by atoms with Gasteiger partial charge in [-0.15, -0.1) is 0 Å². The molecule has 0 bridgehead atoms. The molecule has 1 fully saturated rings. The van der Waals surface area contributed by atoms with Gasteiger partial charge in [0.15, 0.2) is 0 Å². The zero-order chi connectivity index (χ0) is 15.2. The molecular weight excluding hydrogens is 334 g/mol. The summed E-state index contributed by atoms with van der Waals surface area (Å²) in [5.41, 5.74) is 0.557. The second-order valence-corrected chi connectivity index (χ2v) is 5.84. The van der Waals surface area contributed by atoms with E-state index in [4.69, 9.17) is 5.26 Å². The smallest absolute Gasteiger partial charge is 0.251 e. The third-order valence-electron chi connectivity index (χ3n) is 3.28. The van der Waals surface area contributed by atoms with Crippen molar-refractivity contribution in [2.45, 2.75) is 25.3 Å². The highest BCUT2D eigenvalue weighted by Gasteiger charge is 2.31. The van der Waals surface area contributed by atoms with Crippen molar-refractivity contribution in [2.24, 2.45) is 0 Å². The molecule has 2 rings (SSSR count). The maximum atomic E-state index is 12.0. The summed E-state index contributed by atoms with van der Waals surface area (Å²) in [4.78, 5) is 25.5. The van der Waals surface area contributed by atoms with Crippen LogP contribution in [0.3, 0.4) is 0 Å². The van der Waals surface area contributed by atoms with E-state index in [0.29, 0.717) is 5.56 Å². The van der Waals surface area contributed by atoms with Gasteiger partial charge in [0.1, 0.15) is 6.54 Å². The molecule has 0 unspecified atom stereocenters. The number of carbonyl (C=O) groups excluding carboxylic acids is 2. The number of nitrogens with zero attached hydrogens (tertiary/aromatic N) is 2. The fourth-order valence-corrected chi connectivity index (χ4v) is 2.28. The molecule has 21 heavy (non-hydrogen) atoms. The van der Waals surface area contributed by atoms with Crippen LogP contribution in [0.15, 0.2) is 28.7 Å². The molecule has 0 aliphatic heterocycles. The number of hydrogen-bond donors (Lipinski definition) is 1. The maximum absolute atomic E-state index is 12.0. The quantitative estimate of drug-likeness (QED) is 0.799. The van der Waals surface area contributed by atoms with Gasteiger partial charge in [0.2, 0.25) is 5.91 Å². The van der Waals surface area contributed by atoms with Gasteiger partial charge in [-0.3, -0.25) is 9.59 Å². The van der Waals surface area contributed by atoms with Gasteiger partial charge >= 0.3 is 0 Å². The van der Waals surface area contributed by atoms with Gasteiger partial charge in [-0.25, -0.2) is 0 Å². The molecule has 1 aliphatic rings. The second kappa shape index (κ2) is 7.23. The van der Waals surface area contributed by atoms with Crippen LogP contribution in [0.4, 0.5) is 0 Å². The number of carbonyl (C=O) groups is 2. The van der Waals surface area contributed by atoms with Gasteiger partial charge in [0.25, 0.3) is 5.91 Å². The van der Waals surface area contributed by atoms with E-state index in [2.05, 4.69) is 21.2 Å². The van der Waals surface area contributed by atoms with Gasteiger partial charge in [-0.2, -0.15) is 5.26 Å². The minimum absolute atomic E-state index is 0.0739. The Hall–Kier alpha value is -1.87. The average molecular weight is 350 g/mol. The molecule has 1 aromatic carbocycles. The molecule has 1 aliphatic carbocycles. The summed E-state index contributed by atoms with van der Waals surface area (Å²) < 4.78 is 0.908. The molecule has 1 N–H and O–H groups in total. The van der Waals surface area contributed by atoms with E-state index in [1.807, 2.05) is 6.07 Å². The molecule has 5 nitrogen and oxygen atoms in total. The highest BCUT2D eigenvalue weighted by Crippen LogP contribution is 2.26. The van der Waals surface area contributed by atoms with E-state index in [0.717, 1.165) is 17.3 Å². The lowest BCUT2D eigenvalue weighted by atomic mass is 10.2. The van der Waals surface area contributed by atoms with Crippen LogP contribution in [0.1, 0.15) is 29.6 Å². The Morgan fingerprint density at radius 2 is 2.00 bits per heavy atom. The number of nitrogens with one attached hydrogen (secondary N) is 1. The summed E-state index contributed by atoms with van der Waals surface area (Å²) in [6.07, 6.45) is 2.16. The van der Waals surface area contributed by atoms with E-state index < -0.39 is 0 Å². The summed E-state index contributed by atoms with van der Waals surface area (Å²) in [5, 5.41) is 11.5. The van der Waals surface area contributed by atoms with Crippen molar-refractivity contribution in [1.29, 1.82) is 5.26 Å². The molecule has 6 heteroatoms. The Labute approximate surface area is 132 Å². The second-order valence-electron chi connectivity index (χ2n) is 4.92. The van der Waals surface area contributed by atoms with Crippen LogP contribution in [-0.4, -0.2) is 35.8 Å². The third kappa shape index (κ3) is 4.57. The highest BCUT2D eigenvalue weighted by molar-refractivity contribution is 9.10. The number of hydrogen-bond acceptors (Lipinski definition) is 3. The summed E-state index contributed by atoms with van der Waals surface area (Å²) in [6, 6.07) is 9.25. The van der Waals surface area contributed by atoms with E-state index in [9.17, 15) is 9.59 Å². The number of nitriles is 1. The summed E-state index contributed by atoms with van der Waals surface area (Å²) in [6.45, 7) is 0.409. The molecule has 0 atom stereocenters. The summed E-state index contributed by atoms with van der Waals surface area (Å²) in [5.74, 6) is -0.274. The Bertz CT molecular complexity index is 561. The molecule has 0 spiro atoms. The van der Waals surface area contributed by atoms with Crippen LogP contribution in [-0.2, 0) is 4.79 Å². The molecule has 0 heterocycles. The van der Waals surface area contributed by atoms with Crippen LogP contribution in [0.2, 0.25) is 0 Å². The van der Waals surface area contributed by atoms with Crippen LogP contribution < -0.4 is 5.32 Å². The molecule has 2 amide bonds. The normalized spacial score (nSPS) is 13.3. The zero-order valence-corrected chi connectivity index (χ0v) is 13.1. The molecule has 0 radical (unpaired) electrons. The minimum Gasteiger partial charge on any atom is -0.352 e. The fourth-order valence-electron chi connectivity index (χ4n) is 2.01. The Morgan fingerprint density at radius 1 is 1.33 bits per heavy atom. The maximum Gasteiger partial charge on any atom is 0.251 e. The van der Waals surface area contributed by atoms with Crippen LogP contribution in [0.5, 0.6) is 0 Å². The lowest BCUT2D eigenvalue weighted by Gasteiger charge is -2.18. The first-order valence-corrected chi connectivity index (χ1v) is 7.61. The first-order valence-electron chi connectivity index (χ1n) is 6.82. The van der Waals surface area contributed by atoms with Crippen molar-refractivity contribution in [2.75, 3.05) is 13.1 Å². The number of amides is 2. The summed E-state index contributed by atoms with van der Waals surface area (Å²) >= 11 is 3.31. The van der Waals surface area contributed by atoms with E-state index in [1.165, 1.54) is 0 Å². The molecular formula is C15H16BrN3O2. The van der Waals surface area contributed by atoms with Crippen molar-refractivity contribution in [3.05, 3.63) is 34.3 Å². The number of halogens is 1. The molecule has 0 aromatic heterocycles. The van der Waals surface area contributed by atoms with Crippen LogP contribution in [0, 0.1) is 11.3 Å². The SMILES string of the molecule is N#CCN(C(=O)CCNC(=O)c1ccc(Br)cc1)C1CC1.